The average molecular weight is 368 g/mol. The minimum absolute atomic E-state index is 0.0825. The Bertz CT molecular complexity index is 877. The summed E-state index contributed by atoms with van der Waals surface area (Å²) in [5.74, 6) is 0.790. The first-order chi connectivity index (χ1) is 12.8. The van der Waals surface area contributed by atoms with E-state index in [2.05, 4.69) is 15.3 Å². The molecule has 1 atom stereocenters. The van der Waals surface area contributed by atoms with Gasteiger partial charge in [0.05, 0.1) is 18.6 Å². The molecule has 6 nitrogen and oxygen atoms in total. The predicted molar refractivity (Wildman–Crippen MR) is 102 cm³/mol. The van der Waals surface area contributed by atoms with E-state index < -0.39 is 0 Å². The van der Waals surface area contributed by atoms with Crippen molar-refractivity contribution in [1.29, 1.82) is 0 Å². The summed E-state index contributed by atoms with van der Waals surface area (Å²) in [5.41, 5.74) is 1.11. The van der Waals surface area contributed by atoms with Crippen LogP contribution >= 0.6 is 11.3 Å². The summed E-state index contributed by atoms with van der Waals surface area (Å²) >= 11 is 1.57. The molecule has 1 aliphatic rings. The van der Waals surface area contributed by atoms with Gasteiger partial charge in [-0.15, -0.1) is 11.3 Å². The number of fused-ring (bicyclic) bond motifs is 1. The first kappa shape index (κ1) is 16.9. The highest BCUT2D eigenvalue weighted by molar-refractivity contribution is 7.16. The monoisotopic (exact) mass is 368 g/mol. The van der Waals surface area contributed by atoms with Gasteiger partial charge in [-0.2, -0.15) is 0 Å². The largest absolute Gasteiger partial charge is 0.378 e. The van der Waals surface area contributed by atoms with Gasteiger partial charge in [-0.25, -0.2) is 9.97 Å². The van der Waals surface area contributed by atoms with Crippen molar-refractivity contribution in [2.24, 2.45) is 0 Å². The van der Waals surface area contributed by atoms with Crippen LogP contribution in [-0.2, 0) is 16.0 Å². The van der Waals surface area contributed by atoms with Gasteiger partial charge in [0.15, 0.2) is 0 Å². The molecule has 1 unspecified atom stereocenters. The Morgan fingerprint density at radius 2 is 2.00 bits per heavy atom. The van der Waals surface area contributed by atoms with Crippen molar-refractivity contribution in [3.05, 3.63) is 53.7 Å². The Morgan fingerprint density at radius 3 is 2.81 bits per heavy atom. The SMILES string of the molecule is O=C(C(Cc1ccccc1)Nc1ncnc2sccc12)N1CCOCC1. The van der Waals surface area contributed by atoms with Crippen LogP contribution in [0.25, 0.3) is 10.2 Å². The molecular formula is C19H20N4O2S. The van der Waals surface area contributed by atoms with Gasteiger partial charge < -0.3 is 15.0 Å². The second-order valence-electron chi connectivity index (χ2n) is 6.19. The highest BCUT2D eigenvalue weighted by Gasteiger charge is 2.27. The Morgan fingerprint density at radius 1 is 1.19 bits per heavy atom. The number of carbonyl (C=O) groups excluding carboxylic acids is 1. The van der Waals surface area contributed by atoms with E-state index in [1.165, 1.54) is 0 Å². The molecule has 0 aliphatic carbocycles. The molecule has 3 aromatic rings. The number of ether oxygens (including phenoxy) is 1. The smallest absolute Gasteiger partial charge is 0.245 e. The number of carbonyl (C=O) groups is 1. The van der Waals surface area contributed by atoms with E-state index >= 15 is 0 Å². The van der Waals surface area contributed by atoms with Crippen LogP contribution in [0.4, 0.5) is 5.82 Å². The molecular weight excluding hydrogens is 348 g/mol. The zero-order valence-electron chi connectivity index (χ0n) is 14.3. The number of rotatable bonds is 5. The van der Waals surface area contributed by atoms with Gasteiger partial charge in [-0.3, -0.25) is 4.79 Å². The van der Waals surface area contributed by atoms with Gasteiger partial charge in [-0.05, 0) is 17.0 Å². The lowest BCUT2D eigenvalue weighted by atomic mass is 10.0. The second-order valence-corrected chi connectivity index (χ2v) is 7.08. The maximum absolute atomic E-state index is 13.1. The zero-order chi connectivity index (χ0) is 17.8. The highest BCUT2D eigenvalue weighted by atomic mass is 32.1. The maximum Gasteiger partial charge on any atom is 0.245 e. The van der Waals surface area contributed by atoms with Crippen molar-refractivity contribution >= 4 is 33.3 Å². The van der Waals surface area contributed by atoms with Crippen LogP contribution in [-0.4, -0.2) is 53.1 Å². The van der Waals surface area contributed by atoms with Gasteiger partial charge in [0.1, 0.15) is 23.0 Å². The van der Waals surface area contributed by atoms with E-state index in [0.29, 0.717) is 38.5 Å². The molecule has 1 aromatic carbocycles. The molecule has 0 saturated carbocycles. The number of morpholine rings is 1. The molecule has 1 saturated heterocycles. The fraction of sp³-hybridized carbons (Fsp3) is 0.316. The molecule has 134 valence electrons. The molecule has 26 heavy (non-hydrogen) atoms. The lowest BCUT2D eigenvalue weighted by Gasteiger charge is -2.31. The van der Waals surface area contributed by atoms with Gasteiger partial charge >= 0.3 is 0 Å². The lowest BCUT2D eigenvalue weighted by Crippen LogP contribution is -2.48. The minimum atomic E-state index is -0.381. The van der Waals surface area contributed by atoms with Crippen LogP contribution in [0, 0.1) is 0 Å². The Kier molecular flexibility index (Phi) is 5.08. The number of thiophene rings is 1. The van der Waals surface area contributed by atoms with Crippen LogP contribution in [0.2, 0.25) is 0 Å². The van der Waals surface area contributed by atoms with E-state index in [1.807, 2.05) is 46.7 Å². The van der Waals surface area contributed by atoms with Crippen molar-refractivity contribution in [1.82, 2.24) is 14.9 Å². The zero-order valence-corrected chi connectivity index (χ0v) is 15.1. The summed E-state index contributed by atoms with van der Waals surface area (Å²) in [6.45, 7) is 2.44. The number of hydrogen-bond donors (Lipinski definition) is 1. The van der Waals surface area contributed by atoms with Gasteiger partial charge in [0.25, 0.3) is 0 Å². The molecule has 1 aliphatic heterocycles. The topological polar surface area (TPSA) is 67.4 Å². The van der Waals surface area contributed by atoms with E-state index in [9.17, 15) is 4.79 Å². The number of anilines is 1. The molecule has 1 fully saturated rings. The fourth-order valence-electron chi connectivity index (χ4n) is 3.12. The molecule has 0 radical (unpaired) electrons. The molecule has 2 aromatic heterocycles. The number of amides is 1. The highest BCUT2D eigenvalue weighted by Crippen LogP contribution is 2.25. The molecule has 7 heteroatoms. The lowest BCUT2D eigenvalue weighted by molar-refractivity contribution is -0.136. The third-order valence-corrected chi connectivity index (χ3v) is 5.30. The number of nitrogens with one attached hydrogen (secondary N) is 1. The molecule has 1 amide bonds. The predicted octanol–water partition coefficient (Wildman–Crippen LogP) is 2.57. The standard InChI is InChI=1S/C19H20N4O2S/c24-19(23-7-9-25-10-8-23)16(12-14-4-2-1-3-5-14)22-17-15-6-11-26-18(15)21-13-20-17/h1-6,11,13,16H,7-10,12H2,(H,20,21,22). The summed E-state index contributed by atoms with van der Waals surface area (Å²) in [5, 5.41) is 6.31. The van der Waals surface area contributed by atoms with Crippen LogP contribution in [0.15, 0.2) is 48.1 Å². The maximum atomic E-state index is 13.1. The number of nitrogens with zero attached hydrogens (tertiary/aromatic N) is 3. The number of hydrogen-bond acceptors (Lipinski definition) is 6. The van der Waals surface area contributed by atoms with Crippen LogP contribution in [0.5, 0.6) is 0 Å². The summed E-state index contributed by atoms with van der Waals surface area (Å²) in [6.07, 6.45) is 2.15. The van der Waals surface area contributed by atoms with Crippen molar-refractivity contribution in [3.8, 4) is 0 Å². The van der Waals surface area contributed by atoms with Gasteiger partial charge in [0.2, 0.25) is 5.91 Å². The van der Waals surface area contributed by atoms with Crippen LogP contribution < -0.4 is 5.32 Å². The number of benzene rings is 1. The summed E-state index contributed by atoms with van der Waals surface area (Å²) in [4.78, 5) is 24.6. The fourth-order valence-corrected chi connectivity index (χ4v) is 3.86. The van der Waals surface area contributed by atoms with E-state index in [4.69, 9.17) is 4.74 Å². The van der Waals surface area contributed by atoms with Crippen molar-refractivity contribution in [2.75, 3.05) is 31.6 Å². The van der Waals surface area contributed by atoms with Crippen molar-refractivity contribution < 1.29 is 9.53 Å². The second kappa shape index (κ2) is 7.80. The van der Waals surface area contributed by atoms with E-state index in [1.54, 1.807) is 17.7 Å². The molecule has 3 heterocycles. The van der Waals surface area contributed by atoms with E-state index in [0.717, 1.165) is 15.8 Å². The quantitative estimate of drug-likeness (QED) is 0.750. The number of aromatic nitrogens is 2. The Labute approximate surface area is 155 Å². The molecule has 0 spiro atoms. The van der Waals surface area contributed by atoms with Gasteiger partial charge in [-0.1, -0.05) is 30.3 Å². The van der Waals surface area contributed by atoms with Crippen molar-refractivity contribution in [2.45, 2.75) is 12.5 Å². The van der Waals surface area contributed by atoms with Crippen LogP contribution in [0.1, 0.15) is 5.56 Å². The molecule has 4 rings (SSSR count). The third kappa shape index (κ3) is 3.68. The summed E-state index contributed by atoms with van der Waals surface area (Å²) in [7, 11) is 0. The third-order valence-electron chi connectivity index (χ3n) is 4.48. The van der Waals surface area contributed by atoms with Gasteiger partial charge in [0, 0.05) is 19.5 Å². The molecule has 1 N–H and O–H groups in total. The summed E-state index contributed by atoms with van der Waals surface area (Å²) in [6, 6.07) is 11.7. The average Bonchev–Trinajstić information content (AvgIpc) is 3.18. The van der Waals surface area contributed by atoms with Crippen molar-refractivity contribution in [3.63, 3.8) is 0 Å². The Balaban J connectivity index is 1.61. The minimum Gasteiger partial charge on any atom is -0.378 e. The first-order valence-corrected chi connectivity index (χ1v) is 9.54. The van der Waals surface area contributed by atoms with E-state index in [-0.39, 0.29) is 11.9 Å². The normalized spacial score (nSPS) is 15.8. The first-order valence-electron chi connectivity index (χ1n) is 8.66. The van der Waals surface area contributed by atoms with Crippen LogP contribution in [0.3, 0.4) is 0 Å². The Hall–Kier alpha value is -2.51. The summed E-state index contributed by atoms with van der Waals surface area (Å²) < 4.78 is 5.38. The molecule has 0 bridgehead atoms.